The molecule has 2 aromatic rings. The largest absolute Gasteiger partial charge is 0.545 e. The zero-order chi connectivity index (χ0) is 22.3. The Kier molecular flexibility index (Phi) is 7.69. The van der Waals surface area contributed by atoms with Crippen molar-refractivity contribution in [1.29, 1.82) is 0 Å². The standard InChI is InChI=1S/C22H22O8/c1-13(29-21(27)17-9-5-3-7-15(17)19(23)24)11-12-14(2)30-22(28)18-10-6-4-8-16(18)20(25)26/h3-10,13-14H,11-12H2,1-2H3,(H,23,24)(H,25,26)/p-2/t13-,14-/m0/s1. The second-order valence-electron chi connectivity index (χ2n) is 6.68. The van der Waals surface area contributed by atoms with Crippen LogP contribution >= 0.6 is 0 Å². The highest BCUT2D eigenvalue weighted by atomic mass is 16.5. The molecule has 0 aliphatic heterocycles. The number of esters is 2. The Hall–Kier alpha value is -3.68. The monoisotopic (exact) mass is 412 g/mol. The minimum Gasteiger partial charge on any atom is -0.545 e. The maximum absolute atomic E-state index is 12.2. The molecule has 8 nitrogen and oxygen atoms in total. The molecule has 0 unspecified atom stereocenters. The van der Waals surface area contributed by atoms with Gasteiger partial charge in [0, 0.05) is 11.1 Å². The van der Waals surface area contributed by atoms with Crippen LogP contribution in [0.15, 0.2) is 48.5 Å². The Morgan fingerprint density at radius 3 is 1.27 bits per heavy atom. The fraction of sp³-hybridized carbons (Fsp3) is 0.273. The number of hydrogen-bond acceptors (Lipinski definition) is 8. The van der Waals surface area contributed by atoms with Crippen LogP contribution in [0.4, 0.5) is 0 Å². The van der Waals surface area contributed by atoms with Crippen LogP contribution in [0.5, 0.6) is 0 Å². The molecule has 0 N–H and O–H groups in total. The van der Waals surface area contributed by atoms with Crippen molar-refractivity contribution in [3.8, 4) is 0 Å². The van der Waals surface area contributed by atoms with Crippen molar-refractivity contribution < 1.29 is 38.9 Å². The van der Waals surface area contributed by atoms with E-state index in [4.69, 9.17) is 9.47 Å². The van der Waals surface area contributed by atoms with Gasteiger partial charge in [-0.25, -0.2) is 9.59 Å². The molecule has 0 aliphatic rings. The maximum atomic E-state index is 12.2. The Morgan fingerprint density at radius 1 is 0.667 bits per heavy atom. The molecule has 0 saturated carbocycles. The van der Waals surface area contributed by atoms with Crippen LogP contribution in [0.25, 0.3) is 0 Å². The van der Waals surface area contributed by atoms with Crippen LogP contribution in [-0.4, -0.2) is 36.1 Å². The number of carboxylic acids is 2. The molecule has 0 bridgehead atoms. The van der Waals surface area contributed by atoms with E-state index in [0.29, 0.717) is 12.8 Å². The molecular weight excluding hydrogens is 392 g/mol. The molecule has 2 rings (SSSR count). The highest BCUT2D eigenvalue weighted by molar-refractivity contribution is 6.02. The van der Waals surface area contributed by atoms with Crippen LogP contribution in [0, 0.1) is 0 Å². The lowest BCUT2D eigenvalue weighted by atomic mass is 10.1. The van der Waals surface area contributed by atoms with E-state index in [-0.39, 0.29) is 22.3 Å². The van der Waals surface area contributed by atoms with E-state index in [2.05, 4.69) is 0 Å². The van der Waals surface area contributed by atoms with Crippen molar-refractivity contribution in [2.75, 3.05) is 0 Å². The molecule has 2 aromatic carbocycles. The second kappa shape index (κ2) is 10.2. The molecule has 0 fully saturated rings. The lowest BCUT2D eigenvalue weighted by Gasteiger charge is -2.18. The van der Waals surface area contributed by atoms with Crippen LogP contribution in [0.3, 0.4) is 0 Å². The Balaban J connectivity index is 1.90. The maximum Gasteiger partial charge on any atom is 0.339 e. The Labute approximate surface area is 173 Å². The van der Waals surface area contributed by atoms with Crippen molar-refractivity contribution in [2.45, 2.75) is 38.9 Å². The summed E-state index contributed by atoms with van der Waals surface area (Å²) in [5.74, 6) is -4.55. The smallest absolute Gasteiger partial charge is 0.339 e. The van der Waals surface area contributed by atoms with E-state index in [0.717, 1.165) is 0 Å². The Bertz CT molecular complexity index is 872. The van der Waals surface area contributed by atoms with Gasteiger partial charge in [-0.2, -0.15) is 0 Å². The number of aromatic carboxylic acids is 2. The van der Waals surface area contributed by atoms with Gasteiger partial charge in [-0.15, -0.1) is 0 Å². The number of rotatable bonds is 9. The molecule has 8 heteroatoms. The van der Waals surface area contributed by atoms with E-state index in [1.807, 2.05) is 0 Å². The second-order valence-corrected chi connectivity index (χ2v) is 6.68. The SMILES string of the molecule is C[C@@H](CC[C@H](C)OC(=O)c1ccccc1C(=O)[O-])OC(=O)c1ccccc1C(=O)[O-]. The molecule has 0 heterocycles. The summed E-state index contributed by atoms with van der Waals surface area (Å²) in [6, 6.07) is 11.1. The summed E-state index contributed by atoms with van der Waals surface area (Å²) in [6.45, 7) is 3.25. The van der Waals surface area contributed by atoms with E-state index >= 15 is 0 Å². The normalized spacial score (nSPS) is 12.5. The van der Waals surface area contributed by atoms with E-state index in [1.165, 1.54) is 48.5 Å². The van der Waals surface area contributed by atoms with Crippen molar-refractivity contribution in [1.82, 2.24) is 0 Å². The van der Waals surface area contributed by atoms with Gasteiger partial charge in [-0.3, -0.25) is 0 Å². The minimum absolute atomic E-state index is 0.109. The number of carboxylic acid groups (broad SMARTS) is 2. The van der Waals surface area contributed by atoms with Crippen LogP contribution in [0.2, 0.25) is 0 Å². The first kappa shape index (κ1) is 22.6. The molecule has 0 radical (unpaired) electrons. The van der Waals surface area contributed by atoms with E-state index < -0.39 is 36.1 Å². The number of benzene rings is 2. The van der Waals surface area contributed by atoms with Gasteiger partial charge in [0.05, 0.1) is 35.3 Å². The number of carbonyl (C=O) groups is 4. The zero-order valence-electron chi connectivity index (χ0n) is 16.5. The molecule has 0 amide bonds. The lowest BCUT2D eigenvalue weighted by Crippen LogP contribution is -2.27. The molecule has 0 aliphatic carbocycles. The summed E-state index contributed by atoms with van der Waals surface area (Å²) >= 11 is 0. The summed E-state index contributed by atoms with van der Waals surface area (Å²) in [5, 5.41) is 22.2. The number of ether oxygens (including phenoxy) is 2. The predicted octanol–water partition coefficient (Wildman–Crippen LogP) is 0.985. The first-order valence-electron chi connectivity index (χ1n) is 9.23. The van der Waals surface area contributed by atoms with Gasteiger partial charge in [-0.05, 0) is 38.8 Å². The first-order valence-corrected chi connectivity index (χ1v) is 9.23. The van der Waals surface area contributed by atoms with Crippen LogP contribution in [-0.2, 0) is 9.47 Å². The van der Waals surface area contributed by atoms with Crippen LogP contribution in [0.1, 0.15) is 68.1 Å². The molecule has 30 heavy (non-hydrogen) atoms. The van der Waals surface area contributed by atoms with E-state index in [1.54, 1.807) is 13.8 Å². The number of carbonyl (C=O) groups excluding carboxylic acids is 4. The van der Waals surface area contributed by atoms with Gasteiger partial charge in [0.2, 0.25) is 0 Å². The van der Waals surface area contributed by atoms with Gasteiger partial charge in [0.25, 0.3) is 0 Å². The van der Waals surface area contributed by atoms with Crippen molar-refractivity contribution in [2.24, 2.45) is 0 Å². The topological polar surface area (TPSA) is 133 Å². The molecule has 2 atom stereocenters. The zero-order valence-corrected chi connectivity index (χ0v) is 16.5. The summed E-state index contributed by atoms with van der Waals surface area (Å²) in [6.07, 6.45) is -0.501. The van der Waals surface area contributed by atoms with Crippen molar-refractivity contribution in [3.05, 3.63) is 70.8 Å². The van der Waals surface area contributed by atoms with Crippen molar-refractivity contribution in [3.63, 3.8) is 0 Å². The third kappa shape index (κ3) is 5.91. The average molecular weight is 412 g/mol. The van der Waals surface area contributed by atoms with Crippen molar-refractivity contribution >= 4 is 23.9 Å². The molecule has 158 valence electrons. The van der Waals surface area contributed by atoms with Gasteiger partial charge in [0.1, 0.15) is 0 Å². The minimum atomic E-state index is -1.48. The van der Waals surface area contributed by atoms with Gasteiger partial charge in [0.15, 0.2) is 0 Å². The summed E-state index contributed by atoms with van der Waals surface area (Å²) in [7, 11) is 0. The first-order chi connectivity index (χ1) is 14.2. The molecule has 0 saturated heterocycles. The molecule has 0 spiro atoms. The van der Waals surface area contributed by atoms with E-state index in [9.17, 15) is 29.4 Å². The predicted molar refractivity (Wildman–Crippen MR) is 101 cm³/mol. The average Bonchev–Trinajstić information content (AvgIpc) is 2.72. The van der Waals surface area contributed by atoms with Crippen LogP contribution < -0.4 is 10.2 Å². The summed E-state index contributed by atoms with van der Waals surface area (Å²) in [5.41, 5.74) is -0.738. The number of hydrogen-bond donors (Lipinski definition) is 0. The quantitative estimate of drug-likeness (QED) is 0.557. The summed E-state index contributed by atoms with van der Waals surface area (Å²) in [4.78, 5) is 46.7. The highest BCUT2D eigenvalue weighted by Gasteiger charge is 2.19. The fourth-order valence-corrected chi connectivity index (χ4v) is 2.76. The fourth-order valence-electron chi connectivity index (χ4n) is 2.76. The molecular formula is C22H20O8-2. The van der Waals surface area contributed by atoms with Gasteiger partial charge < -0.3 is 29.3 Å². The third-order valence-electron chi connectivity index (χ3n) is 4.33. The molecule has 0 aromatic heterocycles. The van der Waals surface area contributed by atoms with Gasteiger partial charge >= 0.3 is 11.9 Å². The lowest BCUT2D eigenvalue weighted by molar-refractivity contribution is -0.256. The third-order valence-corrected chi connectivity index (χ3v) is 4.33. The highest BCUT2D eigenvalue weighted by Crippen LogP contribution is 2.16. The summed E-state index contributed by atoms with van der Waals surface area (Å²) < 4.78 is 10.5. The van der Waals surface area contributed by atoms with Gasteiger partial charge in [-0.1, -0.05) is 36.4 Å². The Morgan fingerprint density at radius 2 is 0.967 bits per heavy atom.